The Morgan fingerprint density at radius 2 is 2.28 bits per heavy atom. The lowest BCUT2D eigenvalue weighted by Gasteiger charge is -2.08. The summed E-state index contributed by atoms with van der Waals surface area (Å²) in [6.07, 6.45) is 2.24. The van der Waals surface area contributed by atoms with E-state index in [4.69, 9.17) is 11.6 Å². The molecule has 0 saturated heterocycles. The number of aliphatic hydroxyl groups is 1. The maximum atomic E-state index is 9.33. The van der Waals surface area contributed by atoms with Crippen LogP contribution >= 0.6 is 23.4 Å². The number of tetrazole rings is 1. The molecule has 2 aromatic rings. The van der Waals surface area contributed by atoms with Gasteiger partial charge in [0.05, 0.1) is 17.7 Å². The van der Waals surface area contributed by atoms with Crippen molar-refractivity contribution in [1.29, 1.82) is 0 Å². The van der Waals surface area contributed by atoms with E-state index in [0.29, 0.717) is 11.1 Å². The summed E-state index contributed by atoms with van der Waals surface area (Å²) in [7, 11) is 0. The predicted molar refractivity (Wildman–Crippen MR) is 67.6 cm³/mol. The third kappa shape index (κ3) is 2.23. The van der Waals surface area contributed by atoms with Crippen LogP contribution in [0.3, 0.4) is 0 Å². The Morgan fingerprint density at radius 1 is 1.44 bits per heavy atom. The van der Waals surface area contributed by atoms with Crippen LogP contribution in [0.1, 0.15) is 24.4 Å². The number of halogens is 1. The quantitative estimate of drug-likeness (QED) is 0.932. The molecule has 94 valence electrons. The summed E-state index contributed by atoms with van der Waals surface area (Å²) >= 11 is 7.56. The standard InChI is InChI=1S/C11H11ClN4OS/c12-9-3-1-2-7(6-17)10(9)18-11-13-14-15-16(11)8-4-5-8/h1-3,8,17H,4-6H2. The minimum absolute atomic E-state index is 0.0477. The van der Waals surface area contributed by atoms with Crippen LogP contribution in [0.2, 0.25) is 5.02 Å². The van der Waals surface area contributed by atoms with Crippen LogP contribution in [-0.4, -0.2) is 25.3 Å². The Labute approximate surface area is 113 Å². The van der Waals surface area contributed by atoms with Gasteiger partial charge in [0.2, 0.25) is 5.16 Å². The molecule has 0 aliphatic heterocycles. The fourth-order valence-corrected chi connectivity index (χ4v) is 2.96. The summed E-state index contributed by atoms with van der Waals surface area (Å²) in [5.41, 5.74) is 0.790. The van der Waals surface area contributed by atoms with Crippen LogP contribution in [0.4, 0.5) is 0 Å². The molecular weight excluding hydrogens is 272 g/mol. The molecule has 1 aliphatic rings. The maximum absolute atomic E-state index is 9.33. The van der Waals surface area contributed by atoms with Gasteiger partial charge in [-0.25, -0.2) is 4.68 Å². The molecule has 1 aliphatic carbocycles. The van der Waals surface area contributed by atoms with Gasteiger partial charge >= 0.3 is 0 Å². The van der Waals surface area contributed by atoms with Crippen molar-refractivity contribution in [3.05, 3.63) is 28.8 Å². The highest BCUT2D eigenvalue weighted by atomic mass is 35.5. The van der Waals surface area contributed by atoms with Crippen LogP contribution in [-0.2, 0) is 6.61 Å². The van der Waals surface area contributed by atoms with E-state index in [0.717, 1.165) is 28.5 Å². The van der Waals surface area contributed by atoms with Crippen molar-refractivity contribution in [3.8, 4) is 0 Å². The van der Waals surface area contributed by atoms with Gasteiger partial charge in [0.15, 0.2) is 0 Å². The molecular formula is C11H11ClN4OS. The van der Waals surface area contributed by atoms with Crippen LogP contribution in [0.15, 0.2) is 28.3 Å². The van der Waals surface area contributed by atoms with E-state index in [1.807, 2.05) is 16.8 Å². The third-order valence-corrected chi connectivity index (χ3v) is 4.33. The van der Waals surface area contributed by atoms with Crippen molar-refractivity contribution in [2.75, 3.05) is 0 Å². The van der Waals surface area contributed by atoms with Gasteiger partial charge in [-0.05, 0) is 46.7 Å². The zero-order valence-corrected chi connectivity index (χ0v) is 11.0. The number of aromatic nitrogens is 4. The summed E-state index contributed by atoms with van der Waals surface area (Å²) in [6.45, 7) is -0.0477. The molecule has 0 bridgehead atoms. The molecule has 1 N–H and O–H groups in total. The van der Waals surface area contributed by atoms with Crippen molar-refractivity contribution in [2.45, 2.75) is 35.5 Å². The first-order chi connectivity index (χ1) is 8.79. The van der Waals surface area contributed by atoms with Gasteiger partial charge in [-0.3, -0.25) is 0 Å². The number of rotatable bonds is 4. The smallest absolute Gasteiger partial charge is 0.214 e. The lowest BCUT2D eigenvalue weighted by Crippen LogP contribution is -1.99. The second-order valence-electron chi connectivity index (χ2n) is 4.13. The molecule has 0 atom stereocenters. The van der Waals surface area contributed by atoms with E-state index in [9.17, 15) is 5.11 Å². The van der Waals surface area contributed by atoms with Gasteiger partial charge in [-0.15, -0.1) is 5.10 Å². The Kier molecular flexibility index (Phi) is 3.23. The number of nitrogens with zero attached hydrogens (tertiary/aromatic N) is 4. The molecule has 5 nitrogen and oxygen atoms in total. The summed E-state index contributed by atoms with van der Waals surface area (Å²) in [5.74, 6) is 0. The molecule has 1 aromatic carbocycles. The fourth-order valence-electron chi connectivity index (χ4n) is 1.68. The van der Waals surface area contributed by atoms with Crippen LogP contribution in [0.5, 0.6) is 0 Å². The topological polar surface area (TPSA) is 63.8 Å². The molecule has 1 aromatic heterocycles. The lowest BCUT2D eigenvalue weighted by atomic mass is 10.2. The van der Waals surface area contributed by atoms with Gasteiger partial charge in [0.1, 0.15) is 0 Å². The van der Waals surface area contributed by atoms with Crippen molar-refractivity contribution in [1.82, 2.24) is 20.2 Å². The SMILES string of the molecule is OCc1cccc(Cl)c1Sc1nnnn1C1CC1. The first kappa shape index (κ1) is 12.0. The van der Waals surface area contributed by atoms with Crippen molar-refractivity contribution in [2.24, 2.45) is 0 Å². The van der Waals surface area contributed by atoms with Crippen LogP contribution < -0.4 is 0 Å². The molecule has 0 spiro atoms. The minimum Gasteiger partial charge on any atom is -0.392 e. The lowest BCUT2D eigenvalue weighted by molar-refractivity contribution is 0.279. The largest absolute Gasteiger partial charge is 0.392 e. The number of benzene rings is 1. The van der Waals surface area contributed by atoms with E-state index in [-0.39, 0.29) is 6.61 Å². The van der Waals surface area contributed by atoms with Gasteiger partial charge in [-0.2, -0.15) is 0 Å². The minimum atomic E-state index is -0.0477. The molecule has 0 unspecified atom stereocenters. The Hall–Kier alpha value is -1.11. The molecule has 1 fully saturated rings. The summed E-state index contributed by atoms with van der Waals surface area (Å²) in [6, 6.07) is 5.89. The number of hydrogen-bond acceptors (Lipinski definition) is 5. The van der Waals surface area contributed by atoms with E-state index in [1.54, 1.807) is 6.07 Å². The highest BCUT2D eigenvalue weighted by molar-refractivity contribution is 7.99. The average molecular weight is 283 g/mol. The van der Waals surface area contributed by atoms with Crippen molar-refractivity contribution in [3.63, 3.8) is 0 Å². The first-order valence-electron chi connectivity index (χ1n) is 5.63. The molecule has 0 radical (unpaired) electrons. The van der Waals surface area contributed by atoms with Gasteiger partial charge < -0.3 is 5.11 Å². The predicted octanol–water partition coefficient (Wildman–Crippen LogP) is 2.30. The Balaban J connectivity index is 1.94. The molecule has 1 heterocycles. The van der Waals surface area contributed by atoms with E-state index < -0.39 is 0 Å². The summed E-state index contributed by atoms with van der Waals surface area (Å²) in [5, 5.41) is 22.4. The summed E-state index contributed by atoms with van der Waals surface area (Å²) in [4.78, 5) is 0.818. The number of aliphatic hydroxyl groups excluding tert-OH is 1. The maximum Gasteiger partial charge on any atom is 0.214 e. The normalized spacial score (nSPS) is 15.0. The van der Waals surface area contributed by atoms with E-state index in [1.165, 1.54) is 11.8 Å². The van der Waals surface area contributed by atoms with Crippen molar-refractivity contribution >= 4 is 23.4 Å². The van der Waals surface area contributed by atoms with Crippen molar-refractivity contribution < 1.29 is 5.11 Å². The molecule has 0 amide bonds. The van der Waals surface area contributed by atoms with Gasteiger partial charge in [0, 0.05) is 4.90 Å². The highest BCUT2D eigenvalue weighted by Crippen LogP contribution is 2.40. The number of hydrogen-bond donors (Lipinski definition) is 1. The molecule has 3 rings (SSSR count). The second kappa shape index (κ2) is 4.87. The average Bonchev–Trinajstić information content (AvgIpc) is 3.12. The second-order valence-corrected chi connectivity index (χ2v) is 5.51. The van der Waals surface area contributed by atoms with E-state index >= 15 is 0 Å². The first-order valence-corrected chi connectivity index (χ1v) is 6.83. The molecule has 7 heteroatoms. The molecule has 18 heavy (non-hydrogen) atoms. The van der Waals surface area contributed by atoms with E-state index in [2.05, 4.69) is 15.5 Å². The zero-order chi connectivity index (χ0) is 12.5. The fraction of sp³-hybridized carbons (Fsp3) is 0.364. The Morgan fingerprint density at radius 3 is 3.00 bits per heavy atom. The Bertz CT molecular complexity index is 570. The zero-order valence-electron chi connectivity index (χ0n) is 9.45. The van der Waals surface area contributed by atoms with Crippen LogP contribution in [0, 0.1) is 0 Å². The highest BCUT2D eigenvalue weighted by Gasteiger charge is 2.28. The van der Waals surface area contributed by atoms with Crippen LogP contribution in [0.25, 0.3) is 0 Å². The molecule has 1 saturated carbocycles. The van der Waals surface area contributed by atoms with Gasteiger partial charge in [-0.1, -0.05) is 23.7 Å². The van der Waals surface area contributed by atoms with Gasteiger partial charge in [0.25, 0.3) is 0 Å². The monoisotopic (exact) mass is 282 g/mol. The third-order valence-electron chi connectivity index (χ3n) is 2.77. The summed E-state index contributed by atoms with van der Waals surface area (Å²) < 4.78 is 1.83.